The zero-order valence-electron chi connectivity index (χ0n) is 19.5. The number of hydrogen-bond donors (Lipinski definition) is 2. The van der Waals surface area contributed by atoms with Gasteiger partial charge >= 0.3 is 0 Å². The van der Waals surface area contributed by atoms with Crippen molar-refractivity contribution >= 4 is 0 Å². The molecule has 0 bridgehead atoms. The summed E-state index contributed by atoms with van der Waals surface area (Å²) in [5, 5.41) is 17.0. The van der Waals surface area contributed by atoms with Crippen LogP contribution in [0.2, 0.25) is 0 Å². The zero-order chi connectivity index (χ0) is 23.0. The summed E-state index contributed by atoms with van der Waals surface area (Å²) in [6.45, 7) is 12.9. The zero-order valence-corrected chi connectivity index (χ0v) is 19.5. The predicted octanol–water partition coefficient (Wildman–Crippen LogP) is -1.34. The molecule has 0 unspecified atom stereocenters. The van der Waals surface area contributed by atoms with Crippen LogP contribution in [-0.2, 0) is 33.2 Å². The van der Waals surface area contributed by atoms with Crippen molar-refractivity contribution in [2.75, 3.05) is 139 Å². The molecule has 0 amide bonds. The van der Waals surface area contributed by atoms with Gasteiger partial charge < -0.3 is 43.4 Å². The van der Waals surface area contributed by atoms with Gasteiger partial charge in [0.25, 0.3) is 0 Å². The van der Waals surface area contributed by atoms with Crippen LogP contribution in [0.5, 0.6) is 0 Å². The molecule has 0 aromatic heterocycles. The molecule has 1 saturated heterocycles. The molecular weight excluding hydrogens is 424 g/mol. The maximum Gasteiger partial charge on any atom is 0.143 e. The summed E-state index contributed by atoms with van der Waals surface area (Å²) >= 11 is 0. The molecule has 0 aromatic rings. The topological polar surface area (TPSA) is 112 Å². The highest BCUT2D eigenvalue weighted by Gasteiger charge is 2.16. The average molecular weight is 469 g/mol. The largest absolute Gasteiger partial charge is 0.394 e. The summed E-state index contributed by atoms with van der Waals surface area (Å²) in [5.74, 6) is 0. The molecular formula is C21H44N2O9. The maximum atomic E-state index is 8.59. The van der Waals surface area contributed by atoms with Gasteiger partial charge in [-0.25, -0.2) is 0 Å². The highest BCUT2D eigenvalue weighted by Crippen LogP contribution is 2.01. The summed E-state index contributed by atoms with van der Waals surface area (Å²) in [7, 11) is 0. The molecule has 1 aliphatic rings. The van der Waals surface area contributed by atoms with Crippen molar-refractivity contribution in [1.29, 1.82) is 0 Å². The smallest absolute Gasteiger partial charge is 0.143 e. The van der Waals surface area contributed by atoms with Gasteiger partial charge in [0.15, 0.2) is 0 Å². The molecule has 0 saturated carbocycles. The third-order valence-electron chi connectivity index (χ3n) is 4.76. The minimum absolute atomic E-state index is 0.0446. The fraction of sp³-hybridized carbons (Fsp3) is 1.00. The van der Waals surface area contributed by atoms with Crippen LogP contribution in [-0.4, -0.2) is 159 Å². The lowest BCUT2D eigenvalue weighted by molar-refractivity contribution is -0.0399. The summed E-state index contributed by atoms with van der Waals surface area (Å²) in [6, 6.07) is 0. The lowest BCUT2D eigenvalue weighted by Gasteiger charge is -2.34. The first-order valence-electron chi connectivity index (χ1n) is 11.6. The number of hydrogen-bond acceptors (Lipinski definition) is 11. The summed E-state index contributed by atoms with van der Waals surface area (Å²) in [6.07, 6.45) is 0. The fourth-order valence-corrected chi connectivity index (χ4v) is 2.95. The SMILES string of the molecule is OCCOCCOCCOCCN1CCN(CCOCCOCCOCCOCO)CC1. The van der Waals surface area contributed by atoms with Crippen LogP contribution in [0.3, 0.4) is 0 Å². The Morgan fingerprint density at radius 1 is 0.406 bits per heavy atom. The van der Waals surface area contributed by atoms with E-state index < -0.39 is 0 Å². The van der Waals surface area contributed by atoms with Crippen molar-refractivity contribution in [2.24, 2.45) is 0 Å². The highest BCUT2D eigenvalue weighted by atomic mass is 16.6. The number of ether oxygens (including phenoxy) is 7. The van der Waals surface area contributed by atoms with Gasteiger partial charge in [-0.2, -0.15) is 0 Å². The number of aliphatic hydroxyl groups excluding tert-OH is 2. The molecule has 0 radical (unpaired) electrons. The monoisotopic (exact) mass is 468 g/mol. The van der Waals surface area contributed by atoms with Crippen LogP contribution in [0, 0.1) is 0 Å². The third kappa shape index (κ3) is 19.1. The summed E-state index contributed by atoms with van der Waals surface area (Å²) in [4.78, 5) is 4.85. The molecule has 1 aliphatic heterocycles. The molecule has 0 aromatic carbocycles. The number of aliphatic hydroxyl groups is 2. The van der Waals surface area contributed by atoms with Crippen LogP contribution in [0.15, 0.2) is 0 Å². The van der Waals surface area contributed by atoms with E-state index in [-0.39, 0.29) is 13.4 Å². The van der Waals surface area contributed by atoms with E-state index in [0.29, 0.717) is 79.3 Å². The van der Waals surface area contributed by atoms with Gasteiger partial charge in [0.05, 0.1) is 92.5 Å². The van der Waals surface area contributed by atoms with E-state index in [9.17, 15) is 0 Å². The van der Waals surface area contributed by atoms with Gasteiger partial charge in [-0.1, -0.05) is 0 Å². The van der Waals surface area contributed by atoms with Crippen LogP contribution in [0.25, 0.3) is 0 Å². The van der Waals surface area contributed by atoms with E-state index in [1.54, 1.807) is 0 Å². The lowest BCUT2D eigenvalue weighted by atomic mass is 10.3. The van der Waals surface area contributed by atoms with Crippen molar-refractivity contribution in [2.45, 2.75) is 0 Å². The number of nitrogens with zero attached hydrogens (tertiary/aromatic N) is 2. The van der Waals surface area contributed by atoms with Crippen molar-refractivity contribution in [3.63, 3.8) is 0 Å². The normalized spacial score (nSPS) is 15.6. The Morgan fingerprint density at radius 2 is 0.719 bits per heavy atom. The van der Waals surface area contributed by atoms with Crippen molar-refractivity contribution in [3.8, 4) is 0 Å². The van der Waals surface area contributed by atoms with Crippen LogP contribution in [0.1, 0.15) is 0 Å². The Bertz CT molecular complexity index is 375. The molecule has 1 heterocycles. The van der Waals surface area contributed by atoms with Crippen molar-refractivity contribution in [3.05, 3.63) is 0 Å². The van der Waals surface area contributed by atoms with Crippen molar-refractivity contribution in [1.82, 2.24) is 9.80 Å². The Labute approximate surface area is 192 Å². The minimum atomic E-state index is -0.274. The van der Waals surface area contributed by atoms with Crippen molar-refractivity contribution < 1.29 is 43.4 Å². The Hall–Kier alpha value is -0.440. The van der Waals surface area contributed by atoms with Gasteiger partial charge in [0, 0.05) is 39.3 Å². The second-order valence-electron chi connectivity index (χ2n) is 7.12. The van der Waals surface area contributed by atoms with E-state index in [0.717, 1.165) is 45.9 Å². The first-order valence-corrected chi connectivity index (χ1v) is 11.6. The lowest BCUT2D eigenvalue weighted by Crippen LogP contribution is -2.48. The molecule has 1 rings (SSSR count). The van der Waals surface area contributed by atoms with E-state index in [2.05, 4.69) is 9.80 Å². The quantitative estimate of drug-likeness (QED) is 0.130. The van der Waals surface area contributed by atoms with Gasteiger partial charge in [-0.15, -0.1) is 0 Å². The number of rotatable bonds is 24. The van der Waals surface area contributed by atoms with Crippen LogP contribution in [0.4, 0.5) is 0 Å². The Balaban J connectivity index is 1.78. The van der Waals surface area contributed by atoms with E-state index in [1.807, 2.05) is 0 Å². The highest BCUT2D eigenvalue weighted by molar-refractivity contribution is 4.71. The van der Waals surface area contributed by atoms with Crippen LogP contribution < -0.4 is 0 Å². The van der Waals surface area contributed by atoms with Gasteiger partial charge in [0.2, 0.25) is 0 Å². The molecule has 1 fully saturated rings. The molecule has 0 aliphatic carbocycles. The molecule has 2 N–H and O–H groups in total. The summed E-state index contributed by atoms with van der Waals surface area (Å²) in [5.41, 5.74) is 0. The molecule has 11 heteroatoms. The van der Waals surface area contributed by atoms with E-state index in [1.165, 1.54) is 0 Å². The maximum absolute atomic E-state index is 8.59. The van der Waals surface area contributed by atoms with E-state index >= 15 is 0 Å². The molecule has 192 valence electrons. The standard InChI is InChI=1S/C21H44N2O9/c24-7-10-28-13-16-29-14-11-26-8-5-22-1-3-23(4-2-22)6-9-27-12-15-30-17-18-31-19-20-32-21-25/h24-25H,1-21H2. The predicted molar refractivity (Wildman–Crippen MR) is 118 cm³/mol. The van der Waals surface area contributed by atoms with Crippen LogP contribution >= 0.6 is 0 Å². The van der Waals surface area contributed by atoms with Gasteiger partial charge in [-0.05, 0) is 0 Å². The number of piperazine rings is 1. The first-order chi connectivity index (χ1) is 15.9. The Kier molecular flexibility index (Phi) is 21.9. The van der Waals surface area contributed by atoms with Gasteiger partial charge in [0.1, 0.15) is 6.79 Å². The molecule has 11 nitrogen and oxygen atoms in total. The molecule has 0 spiro atoms. The minimum Gasteiger partial charge on any atom is -0.394 e. The summed E-state index contributed by atoms with van der Waals surface area (Å²) < 4.78 is 37.2. The van der Waals surface area contributed by atoms with Gasteiger partial charge in [-0.3, -0.25) is 9.80 Å². The fourth-order valence-electron chi connectivity index (χ4n) is 2.95. The van der Waals surface area contributed by atoms with E-state index in [4.69, 9.17) is 43.4 Å². The average Bonchev–Trinajstić information content (AvgIpc) is 2.82. The molecule has 32 heavy (non-hydrogen) atoms. The Morgan fingerprint density at radius 3 is 1.06 bits per heavy atom. The second-order valence-corrected chi connectivity index (χ2v) is 7.12. The first kappa shape index (κ1) is 29.6. The second kappa shape index (κ2) is 23.7. The molecule has 0 atom stereocenters. The third-order valence-corrected chi connectivity index (χ3v) is 4.76.